The van der Waals surface area contributed by atoms with E-state index in [4.69, 9.17) is 9.47 Å². The van der Waals surface area contributed by atoms with E-state index in [9.17, 15) is 4.79 Å². The van der Waals surface area contributed by atoms with Gasteiger partial charge in [-0.1, -0.05) is 6.07 Å². The standard InChI is InChI=1S/C25H24N6O3/c1-16-27-23(15-24(28-16)31-22-6-4-5-13-26-22)29-18-8-10-19(11-9-18)30-25(32)17-7-12-20(33-2)21(14-17)34-3/h4-15H,1-3H3,(H,30,32)(H2,26,27,28,29,31). The van der Waals surface area contributed by atoms with Crippen molar-refractivity contribution in [3.63, 3.8) is 0 Å². The summed E-state index contributed by atoms with van der Waals surface area (Å²) in [6.45, 7) is 1.82. The third-order valence-electron chi connectivity index (χ3n) is 4.82. The summed E-state index contributed by atoms with van der Waals surface area (Å²) in [5.41, 5.74) is 1.93. The summed E-state index contributed by atoms with van der Waals surface area (Å²) in [5, 5.41) is 9.30. The van der Waals surface area contributed by atoms with E-state index < -0.39 is 0 Å². The van der Waals surface area contributed by atoms with Crippen LogP contribution >= 0.6 is 0 Å². The second-order valence-corrected chi connectivity index (χ2v) is 7.25. The summed E-state index contributed by atoms with van der Waals surface area (Å²) in [5.74, 6) is 3.38. The number of nitrogens with one attached hydrogen (secondary N) is 3. The quantitative estimate of drug-likeness (QED) is 0.342. The Morgan fingerprint density at radius 3 is 2.15 bits per heavy atom. The molecule has 4 rings (SSSR count). The third-order valence-corrected chi connectivity index (χ3v) is 4.82. The second kappa shape index (κ2) is 10.3. The van der Waals surface area contributed by atoms with Crippen molar-refractivity contribution in [3.05, 3.63) is 84.3 Å². The molecule has 0 fully saturated rings. The Balaban J connectivity index is 1.42. The van der Waals surface area contributed by atoms with E-state index in [0.717, 1.165) is 5.69 Å². The number of rotatable bonds is 8. The lowest BCUT2D eigenvalue weighted by Gasteiger charge is -2.12. The van der Waals surface area contributed by atoms with Gasteiger partial charge in [-0.2, -0.15) is 0 Å². The highest BCUT2D eigenvalue weighted by molar-refractivity contribution is 6.04. The molecular weight excluding hydrogens is 432 g/mol. The number of methoxy groups -OCH3 is 2. The van der Waals surface area contributed by atoms with Crippen LogP contribution in [0.15, 0.2) is 72.9 Å². The zero-order valence-electron chi connectivity index (χ0n) is 19.0. The Morgan fingerprint density at radius 2 is 1.47 bits per heavy atom. The third kappa shape index (κ3) is 5.57. The van der Waals surface area contributed by atoms with Gasteiger partial charge in [-0.05, 0) is 61.5 Å². The van der Waals surface area contributed by atoms with Crippen LogP contribution in [-0.2, 0) is 0 Å². The molecule has 172 valence electrons. The maximum atomic E-state index is 12.6. The second-order valence-electron chi connectivity index (χ2n) is 7.25. The predicted molar refractivity (Wildman–Crippen MR) is 132 cm³/mol. The molecule has 3 N–H and O–H groups in total. The Kier molecular flexibility index (Phi) is 6.83. The van der Waals surface area contributed by atoms with Crippen molar-refractivity contribution < 1.29 is 14.3 Å². The van der Waals surface area contributed by atoms with E-state index in [1.54, 1.807) is 37.6 Å². The Bertz CT molecular complexity index is 1280. The molecule has 0 spiro atoms. The summed E-state index contributed by atoms with van der Waals surface area (Å²) in [7, 11) is 3.08. The minimum atomic E-state index is -0.252. The number of hydrogen-bond acceptors (Lipinski definition) is 8. The average molecular weight is 457 g/mol. The lowest BCUT2D eigenvalue weighted by Crippen LogP contribution is -2.12. The molecule has 4 aromatic rings. The van der Waals surface area contributed by atoms with Crippen LogP contribution in [0.3, 0.4) is 0 Å². The maximum absolute atomic E-state index is 12.6. The summed E-state index contributed by atoms with van der Waals surface area (Å²) < 4.78 is 10.5. The van der Waals surface area contributed by atoms with Gasteiger partial charge in [-0.3, -0.25) is 4.79 Å². The van der Waals surface area contributed by atoms with Crippen LogP contribution in [0.2, 0.25) is 0 Å². The number of nitrogens with zero attached hydrogens (tertiary/aromatic N) is 3. The van der Waals surface area contributed by atoms with Crippen LogP contribution in [0.1, 0.15) is 16.2 Å². The van der Waals surface area contributed by atoms with Crippen molar-refractivity contribution in [2.75, 3.05) is 30.2 Å². The number of hydrogen-bond donors (Lipinski definition) is 3. The summed E-state index contributed by atoms with van der Waals surface area (Å²) in [6.07, 6.45) is 1.71. The van der Waals surface area contributed by atoms with E-state index in [2.05, 4.69) is 30.9 Å². The van der Waals surface area contributed by atoms with Gasteiger partial charge < -0.3 is 25.4 Å². The van der Waals surface area contributed by atoms with E-state index in [1.165, 1.54) is 7.11 Å². The minimum Gasteiger partial charge on any atom is -0.493 e. The molecule has 0 bridgehead atoms. The first kappa shape index (κ1) is 22.5. The van der Waals surface area contributed by atoms with Crippen molar-refractivity contribution >= 4 is 34.7 Å². The fourth-order valence-corrected chi connectivity index (χ4v) is 3.23. The van der Waals surface area contributed by atoms with Gasteiger partial charge in [-0.25, -0.2) is 15.0 Å². The average Bonchev–Trinajstić information content (AvgIpc) is 2.85. The number of ether oxygens (including phenoxy) is 2. The van der Waals surface area contributed by atoms with Gasteiger partial charge in [0.25, 0.3) is 5.91 Å². The molecule has 0 aliphatic carbocycles. The van der Waals surface area contributed by atoms with Gasteiger partial charge in [0.15, 0.2) is 11.5 Å². The normalized spacial score (nSPS) is 10.3. The molecule has 0 aliphatic heterocycles. The molecule has 0 radical (unpaired) electrons. The molecule has 2 aromatic carbocycles. The molecule has 2 aromatic heterocycles. The lowest BCUT2D eigenvalue weighted by atomic mass is 10.1. The van der Waals surface area contributed by atoms with Gasteiger partial charge in [0, 0.05) is 29.2 Å². The van der Waals surface area contributed by atoms with Gasteiger partial charge >= 0.3 is 0 Å². The lowest BCUT2D eigenvalue weighted by molar-refractivity contribution is 0.102. The first-order chi connectivity index (χ1) is 16.5. The Hall–Kier alpha value is -4.66. The van der Waals surface area contributed by atoms with Crippen molar-refractivity contribution in [2.45, 2.75) is 6.92 Å². The molecule has 0 aliphatic rings. The van der Waals surface area contributed by atoms with Crippen molar-refractivity contribution in [3.8, 4) is 11.5 Å². The van der Waals surface area contributed by atoms with E-state index >= 15 is 0 Å². The van der Waals surface area contributed by atoms with E-state index in [0.29, 0.717) is 46.0 Å². The van der Waals surface area contributed by atoms with Crippen LogP contribution in [0.5, 0.6) is 11.5 Å². The number of pyridine rings is 1. The molecule has 9 heteroatoms. The van der Waals surface area contributed by atoms with Crippen LogP contribution in [-0.4, -0.2) is 35.1 Å². The highest BCUT2D eigenvalue weighted by atomic mass is 16.5. The van der Waals surface area contributed by atoms with Crippen LogP contribution in [0.25, 0.3) is 0 Å². The smallest absolute Gasteiger partial charge is 0.255 e. The molecule has 1 amide bonds. The fourth-order valence-electron chi connectivity index (χ4n) is 3.23. The minimum absolute atomic E-state index is 0.252. The number of amides is 1. The number of benzene rings is 2. The number of carbonyl (C=O) groups excluding carboxylic acids is 1. The number of aryl methyl sites for hydroxylation is 1. The maximum Gasteiger partial charge on any atom is 0.255 e. The largest absolute Gasteiger partial charge is 0.493 e. The van der Waals surface area contributed by atoms with Crippen molar-refractivity contribution in [1.82, 2.24) is 15.0 Å². The molecule has 0 saturated carbocycles. The number of carbonyl (C=O) groups is 1. The predicted octanol–water partition coefficient (Wildman–Crippen LogP) is 4.94. The summed E-state index contributed by atoms with van der Waals surface area (Å²) >= 11 is 0. The van der Waals surface area contributed by atoms with Crippen LogP contribution < -0.4 is 25.4 Å². The summed E-state index contributed by atoms with van der Waals surface area (Å²) in [4.78, 5) is 25.7. The van der Waals surface area contributed by atoms with Gasteiger partial charge in [0.05, 0.1) is 14.2 Å². The van der Waals surface area contributed by atoms with Gasteiger partial charge in [0.2, 0.25) is 0 Å². The Morgan fingerprint density at radius 1 is 0.765 bits per heavy atom. The van der Waals surface area contributed by atoms with Gasteiger partial charge in [0.1, 0.15) is 23.3 Å². The Labute approximate surface area is 197 Å². The first-order valence-electron chi connectivity index (χ1n) is 10.5. The fraction of sp³-hybridized carbons (Fsp3) is 0.120. The van der Waals surface area contributed by atoms with E-state index in [-0.39, 0.29) is 5.91 Å². The molecular formula is C25H24N6O3. The SMILES string of the molecule is COc1ccc(C(=O)Nc2ccc(Nc3cc(Nc4ccccn4)nc(C)n3)cc2)cc1OC. The van der Waals surface area contributed by atoms with E-state index in [1.807, 2.05) is 49.4 Å². The number of aromatic nitrogens is 3. The zero-order valence-corrected chi connectivity index (χ0v) is 19.0. The van der Waals surface area contributed by atoms with Crippen LogP contribution in [0.4, 0.5) is 28.8 Å². The van der Waals surface area contributed by atoms with Crippen LogP contribution in [0, 0.1) is 6.92 Å². The molecule has 0 unspecified atom stereocenters. The molecule has 9 nitrogen and oxygen atoms in total. The van der Waals surface area contributed by atoms with Gasteiger partial charge in [-0.15, -0.1) is 0 Å². The molecule has 34 heavy (non-hydrogen) atoms. The molecule has 0 atom stereocenters. The van der Waals surface area contributed by atoms with Crippen molar-refractivity contribution in [1.29, 1.82) is 0 Å². The number of anilines is 5. The highest BCUT2D eigenvalue weighted by Crippen LogP contribution is 2.28. The molecule has 2 heterocycles. The first-order valence-corrected chi connectivity index (χ1v) is 10.5. The monoisotopic (exact) mass is 456 g/mol. The summed E-state index contributed by atoms with van der Waals surface area (Å²) in [6, 6.07) is 19.7. The molecule has 0 saturated heterocycles. The van der Waals surface area contributed by atoms with Crippen molar-refractivity contribution in [2.24, 2.45) is 0 Å². The zero-order chi connectivity index (χ0) is 23.9. The highest BCUT2D eigenvalue weighted by Gasteiger charge is 2.11. The topological polar surface area (TPSA) is 110 Å².